The molecule has 1 amide bonds. The summed E-state index contributed by atoms with van der Waals surface area (Å²) in [5.74, 6) is -1.92. The maximum absolute atomic E-state index is 13.6. The van der Waals surface area contributed by atoms with Crippen LogP contribution in [0.2, 0.25) is 0 Å². The fourth-order valence-corrected chi connectivity index (χ4v) is 3.23. The van der Waals surface area contributed by atoms with E-state index < -0.39 is 32.8 Å². The molecular weight excluding hydrogens is 358 g/mol. The first kappa shape index (κ1) is 18.4. The van der Waals surface area contributed by atoms with E-state index in [1.54, 1.807) is 6.92 Å². The molecule has 0 heterocycles. The summed E-state index contributed by atoms with van der Waals surface area (Å²) < 4.78 is 49.1. The highest BCUT2D eigenvalue weighted by atomic mass is 32.2. The number of carbonyl (C=O) groups is 1. The fraction of sp³-hybridized carbons (Fsp3) is 0.133. The van der Waals surface area contributed by atoms with Crippen molar-refractivity contribution in [1.29, 1.82) is 0 Å². The van der Waals surface area contributed by atoms with Gasteiger partial charge in [0.2, 0.25) is 15.9 Å². The number of sulfonamides is 1. The molecule has 0 aliphatic heterocycles. The molecule has 2 rings (SSSR count). The Labute approximate surface area is 142 Å². The minimum absolute atomic E-state index is 0.134. The number of hydrogen-bond donors (Lipinski definition) is 2. The van der Waals surface area contributed by atoms with Gasteiger partial charge in [-0.1, -0.05) is 6.07 Å². The van der Waals surface area contributed by atoms with Crippen LogP contribution in [0.1, 0.15) is 6.92 Å². The van der Waals surface area contributed by atoms with Crippen molar-refractivity contribution in [3.63, 3.8) is 0 Å². The molecule has 3 N–H and O–H groups in total. The van der Waals surface area contributed by atoms with Gasteiger partial charge >= 0.3 is 0 Å². The van der Waals surface area contributed by atoms with Gasteiger partial charge in [0.05, 0.1) is 10.1 Å². The van der Waals surface area contributed by atoms with Gasteiger partial charge in [-0.05, 0) is 37.3 Å². The van der Waals surface area contributed by atoms with E-state index >= 15 is 0 Å². The minimum Gasteiger partial charge on any atom is -0.325 e. The zero-order valence-electron chi connectivity index (χ0n) is 12.5. The topological polar surface area (TPSA) is 89.3 Å². The molecule has 0 saturated carbocycles. The lowest BCUT2D eigenvalue weighted by Crippen LogP contribution is -2.22. The lowest BCUT2D eigenvalue weighted by atomic mass is 10.3. The summed E-state index contributed by atoms with van der Waals surface area (Å²) >= 11 is 0.919. The SMILES string of the molecule is CC(Sc1ccc(F)cc1F)C(=O)Nc1cccc(S(N)(=O)=O)c1. The second kappa shape index (κ2) is 7.29. The van der Waals surface area contributed by atoms with Crippen molar-refractivity contribution in [2.45, 2.75) is 22.0 Å². The van der Waals surface area contributed by atoms with Crippen LogP contribution < -0.4 is 10.5 Å². The molecule has 0 radical (unpaired) electrons. The highest BCUT2D eigenvalue weighted by molar-refractivity contribution is 8.00. The Balaban J connectivity index is 2.09. The van der Waals surface area contributed by atoms with E-state index in [0.717, 1.165) is 23.9 Å². The fourth-order valence-electron chi connectivity index (χ4n) is 1.81. The molecule has 0 bridgehead atoms. The molecule has 2 aromatic carbocycles. The van der Waals surface area contributed by atoms with Crippen LogP contribution in [-0.2, 0) is 14.8 Å². The molecule has 24 heavy (non-hydrogen) atoms. The number of anilines is 1. The van der Waals surface area contributed by atoms with Crippen LogP contribution in [0.25, 0.3) is 0 Å². The van der Waals surface area contributed by atoms with Gasteiger partial charge in [0, 0.05) is 16.6 Å². The second-order valence-electron chi connectivity index (χ2n) is 4.90. The first-order valence-corrected chi connectivity index (χ1v) is 9.15. The van der Waals surface area contributed by atoms with E-state index in [2.05, 4.69) is 5.32 Å². The number of hydrogen-bond acceptors (Lipinski definition) is 4. The number of primary sulfonamides is 1. The third kappa shape index (κ3) is 4.76. The Hall–Kier alpha value is -1.97. The average Bonchev–Trinajstić information content (AvgIpc) is 2.49. The van der Waals surface area contributed by atoms with Gasteiger partial charge < -0.3 is 5.32 Å². The zero-order chi connectivity index (χ0) is 17.9. The number of halogens is 2. The lowest BCUT2D eigenvalue weighted by Gasteiger charge is -2.13. The van der Waals surface area contributed by atoms with Gasteiger partial charge in [0.1, 0.15) is 11.6 Å². The number of nitrogens with one attached hydrogen (secondary N) is 1. The third-order valence-corrected chi connectivity index (χ3v) is 5.06. The van der Waals surface area contributed by atoms with Gasteiger partial charge in [0.25, 0.3) is 0 Å². The smallest absolute Gasteiger partial charge is 0.238 e. The van der Waals surface area contributed by atoms with Crippen LogP contribution in [-0.4, -0.2) is 19.6 Å². The Kier molecular flexibility index (Phi) is 5.58. The molecular formula is C15H14F2N2O3S2. The molecule has 1 unspecified atom stereocenters. The Morgan fingerprint density at radius 1 is 1.21 bits per heavy atom. The van der Waals surface area contributed by atoms with Crippen LogP contribution in [0, 0.1) is 11.6 Å². The molecule has 2 aromatic rings. The van der Waals surface area contributed by atoms with Crippen molar-refractivity contribution in [2.75, 3.05) is 5.32 Å². The summed E-state index contributed by atoms with van der Waals surface area (Å²) in [6, 6.07) is 8.56. The number of rotatable bonds is 5. The molecule has 9 heteroatoms. The molecule has 0 aliphatic carbocycles. The van der Waals surface area contributed by atoms with E-state index in [1.165, 1.54) is 30.3 Å². The van der Waals surface area contributed by atoms with Gasteiger partial charge in [-0.3, -0.25) is 4.79 Å². The number of nitrogens with two attached hydrogens (primary N) is 1. The second-order valence-corrected chi connectivity index (χ2v) is 7.84. The molecule has 1 atom stereocenters. The predicted molar refractivity (Wildman–Crippen MR) is 88.1 cm³/mol. The summed E-state index contributed by atoms with van der Waals surface area (Å²) in [4.78, 5) is 12.1. The monoisotopic (exact) mass is 372 g/mol. The van der Waals surface area contributed by atoms with Crippen molar-refractivity contribution in [3.8, 4) is 0 Å². The summed E-state index contributed by atoms with van der Waals surface area (Å²) in [6.45, 7) is 1.55. The van der Waals surface area contributed by atoms with Crippen LogP contribution in [0.5, 0.6) is 0 Å². The van der Waals surface area contributed by atoms with Crippen molar-refractivity contribution < 1.29 is 22.0 Å². The highest BCUT2D eigenvalue weighted by Gasteiger charge is 2.18. The third-order valence-electron chi connectivity index (χ3n) is 3.00. The lowest BCUT2D eigenvalue weighted by molar-refractivity contribution is -0.115. The number of thioether (sulfide) groups is 1. The van der Waals surface area contributed by atoms with Crippen LogP contribution in [0.15, 0.2) is 52.3 Å². The van der Waals surface area contributed by atoms with E-state index in [0.29, 0.717) is 0 Å². The van der Waals surface area contributed by atoms with Crippen molar-refractivity contribution in [1.82, 2.24) is 0 Å². The van der Waals surface area contributed by atoms with Crippen LogP contribution in [0.4, 0.5) is 14.5 Å². The summed E-state index contributed by atoms with van der Waals surface area (Å²) in [7, 11) is -3.88. The first-order valence-electron chi connectivity index (χ1n) is 6.72. The molecule has 0 aromatic heterocycles. The molecule has 0 fully saturated rings. The Morgan fingerprint density at radius 2 is 1.92 bits per heavy atom. The quantitative estimate of drug-likeness (QED) is 0.790. The molecule has 0 saturated heterocycles. The summed E-state index contributed by atoms with van der Waals surface area (Å²) in [6.07, 6.45) is 0. The maximum Gasteiger partial charge on any atom is 0.238 e. The molecule has 0 spiro atoms. The number of benzene rings is 2. The first-order chi connectivity index (χ1) is 11.2. The Morgan fingerprint density at radius 3 is 2.54 bits per heavy atom. The standard InChI is InChI=1S/C15H14F2N2O3S2/c1-9(23-14-6-5-10(16)7-13(14)17)15(20)19-11-3-2-4-12(8-11)24(18,21)22/h2-9H,1H3,(H,19,20)(H2,18,21,22). The summed E-state index contributed by atoms with van der Waals surface area (Å²) in [5.41, 5.74) is 0.249. The van der Waals surface area contributed by atoms with Crippen molar-refractivity contribution in [3.05, 3.63) is 54.1 Å². The summed E-state index contributed by atoms with van der Waals surface area (Å²) in [5, 5.41) is 6.87. The van der Waals surface area contributed by atoms with Crippen LogP contribution in [0.3, 0.4) is 0 Å². The number of carbonyl (C=O) groups excluding carboxylic acids is 1. The van der Waals surface area contributed by atoms with Gasteiger partial charge in [0.15, 0.2) is 0 Å². The predicted octanol–water partition coefficient (Wildman–Crippen LogP) is 2.73. The van der Waals surface area contributed by atoms with E-state index in [1.807, 2.05) is 0 Å². The van der Waals surface area contributed by atoms with Gasteiger partial charge in [-0.15, -0.1) is 11.8 Å². The van der Waals surface area contributed by atoms with Crippen LogP contribution >= 0.6 is 11.8 Å². The van der Waals surface area contributed by atoms with E-state index in [4.69, 9.17) is 5.14 Å². The molecule has 5 nitrogen and oxygen atoms in total. The minimum atomic E-state index is -3.88. The largest absolute Gasteiger partial charge is 0.325 e. The average molecular weight is 372 g/mol. The van der Waals surface area contributed by atoms with Gasteiger partial charge in [-0.25, -0.2) is 22.3 Å². The van der Waals surface area contributed by atoms with Gasteiger partial charge in [-0.2, -0.15) is 0 Å². The maximum atomic E-state index is 13.6. The molecule has 128 valence electrons. The number of amides is 1. The molecule has 0 aliphatic rings. The van der Waals surface area contributed by atoms with Crippen molar-refractivity contribution in [2.24, 2.45) is 5.14 Å². The highest BCUT2D eigenvalue weighted by Crippen LogP contribution is 2.27. The normalized spacial score (nSPS) is 12.7. The van der Waals surface area contributed by atoms with Crippen molar-refractivity contribution >= 4 is 33.4 Å². The zero-order valence-corrected chi connectivity index (χ0v) is 14.1. The van der Waals surface area contributed by atoms with E-state index in [-0.39, 0.29) is 15.5 Å². The Bertz CT molecular complexity index is 873. The van der Waals surface area contributed by atoms with E-state index in [9.17, 15) is 22.0 Å².